The fourth-order valence-electron chi connectivity index (χ4n) is 3.68. The number of ether oxygens (including phenoxy) is 1. The van der Waals surface area contributed by atoms with Crippen molar-refractivity contribution in [3.63, 3.8) is 0 Å². The molecule has 2 fully saturated rings. The molecule has 4 heteroatoms. The number of fused-ring (bicyclic) bond motifs is 1. The number of aromatic nitrogens is 2. The Bertz CT molecular complexity index is 406. The molecule has 0 radical (unpaired) electrons. The van der Waals surface area contributed by atoms with Crippen LogP contribution in [0.15, 0.2) is 18.5 Å². The minimum Gasteiger partial charge on any atom is -0.377 e. The summed E-state index contributed by atoms with van der Waals surface area (Å²) >= 11 is 0. The van der Waals surface area contributed by atoms with E-state index in [4.69, 9.17) is 4.74 Å². The minimum absolute atomic E-state index is 0.190. The molecule has 1 aromatic rings. The second-order valence-corrected chi connectivity index (χ2v) is 5.67. The molecule has 1 aliphatic carbocycles. The highest BCUT2D eigenvalue weighted by atomic mass is 16.5. The van der Waals surface area contributed by atoms with Crippen LogP contribution < -0.4 is 4.90 Å². The lowest BCUT2D eigenvalue weighted by Gasteiger charge is -2.57. The maximum atomic E-state index is 5.82. The zero-order valence-electron chi connectivity index (χ0n) is 10.6. The van der Waals surface area contributed by atoms with E-state index in [9.17, 15) is 0 Å². The Morgan fingerprint density at radius 2 is 2.06 bits per heavy atom. The van der Waals surface area contributed by atoms with Gasteiger partial charge in [-0.2, -0.15) is 0 Å². The van der Waals surface area contributed by atoms with E-state index in [1.54, 1.807) is 12.4 Å². The van der Waals surface area contributed by atoms with Crippen LogP contribution in [0.1, 0.15) is 20.3 Å². The van der Waals surface area contributed by atoms with Crippen molar-refractivity contribution in [1.29, 1.82) is 0 Å². The van der Waals surface area contributed by atoms with Crippen molar-refractivity contribution in [1.82, 2.24) is 9.97 Å². The van der Waals surface area contributed by atoms with Crippen LogP contribution in [0.3, 0.4) is 0 Å². The molecule has 1 aliphatic heterocycles. The van der Waals surface area contributed by atoms with Crippen molar-refractivity contribution < 1.29 is 4.74 Å². The highest BCUT2D eigenvalue weighted by molar-refractivity contribution is 5.34. The van der Waals surface area contributed by atoms with E-state index in [1.807, 2.05) is 6.07 Å². The summed E-state index contributed by atoms with van der Waals surface area (Å²) in [6.07, 6.45) is 5.18. The minimum atomic E-state index is 0.190. The van der Waals surface area contributed by atoms with Crippen molar-refractivity contribution in [3.05, 3.63) is 18.5 Å². The van der Waals surface area contributed by atoms with Crippen molar-refractivity contribution in [2.24, 2.45) is 11.3 Å². The van der Waals surface area contributed by atoms with Gasteiger partial charge in [0, 0.05) is 43.4 Å². The molecule has 0 aromatic carbocycles. The molecule has 92 valence electrons. The van der Waals surface area contributed by atoms with Crippen molar-refractivity contribution in [2.45, 2.75) is 32.4 Å². The lowest BCUT2D eigenvalue weighted by molar-refractivity contribution is -0.101. The molecule has 3 unspecified atom stereocenters. The van der Waals surface area contributed by atoms with E-state index in [-0.39, 0.29) is 5.41 Å². The van der Waals surface area contributed by atoms with Crippen molar-refractivity contribution in [2.75, 3.05) is 18.6 Å². The maximum absolute atomic E-state index is 5.82. The Hall–Kier alpha value is -1.16. The molecule has 4 nitrogen and oxygen atoms in total. The van der Waals surface area contributed by atoms with Crippen LogP contribution in [-0.2, 0) is 4.74 Å². The number of hydrogen-bond donors (Lipinski definition) is 0. The molecule has 2 aliphatic rings. The van der Waals surface area contributed by atoms with Crippen LogP contribution >= 0.6 is 0 Å². The summed E-state index contributed by atoms with van der Waals surface area (Å²) in [7, 11) is 2.09. The molecule has 0 amide bonds. The highest BCUT2D eigenvalue weighted by Gasteiger charge is 2.61. The molecule has 3 atom stereocenters. The number of nitrogens with zero attached hydrogens (tertiary/aromatic N) is 3. The zero-order valence-corrected chi connectivity index (χ0v) is 10.6. The quantitative estimate of drug-likeness (QED) is 0.779. The average Bonchev–Trinajstić information content (AvgIpc) is 2.76. The Morgan fingerprint density at radius 1 is 1.35 bits per heavy atom. The topological polar surface area (TPSA) is 38.2 Å². The van der Waals surface area contributed by atoms with Crippen LogP contribution in [0, 0.1) is 11.3 Å². The van der Waals surface area contributed by atoms with Gasteiger partial charge >= 0.3 is 0 Å². The standard InChI is InChI=1S/C13H19N3O/c1-13(2)10(9-5-8-17-11(9)13)16(3)12-14-6-4-7-15-12/h4,6-7,9-11H,5,8H2,1-3H3. The molecule has 17 heavy (non-hydrogen) atoms. The predicted molar refractivity (Wildman–Crippen MR) is 65.9 cm³/mol. The summed E-state index contributed by atoms with van der Waals surface area (Å²) in [6.45, 7) is 5.46. The average molecular weight is 233 g/mol. The number of hydrogen-bond acceptors (Lipinski definition) is 4. The molecule has 2 heterocycles. The van der Waals surface area contributed by atoms with Crippen LogP contribution in [0.5, 0.6) is 0 Å². The third kappa shape index (κ3) is 1.47. The van der Waals surface area contributed by atoms with Gasteiger partial charge in [0.05, 0.1) is 6.10 Å². The molecule has 1 saturated heterocycles. The predicted octanol–water partition coefficient (Wildman–Crippen LogP) is 1.73. The molecule has 0 N–H and O–H groups in total. The second kappa shape index (κ2) is 3.67. The highest BCUT2D eigenvalue weighted by Crippen LogP contribution is 2.54. The van der Waals surface area contributed by atoms with E-state index < -0.39 is 0 Å². The lowest BCUT2D eigenvalue weighted by atomic mass is 9.57. The number of anilines is 1. The lowest BCUT2D eigenvalue weighted by Crippen LogP contribution is -2.66. The van der Waals surface area contributed by atoms with Crippen molar-refractivity contribution >= 4 is 5.95 Å². The summed E-state index contributed by atoms with van der Waals surface area (Å²) in [5, 5.41) is 0. The molecule has 1 aromatic heterocycles. The molecular weight excluding hydrogens is 214 g/mol. The third-order valence-corrected chi connectivity index (χ3v) is 4.32. The summed E-state index contributed by atoms with van der Waals surface area (Å²) in [5.74, 6) is 1.45. The second-order valence-electron chi connectivity index (χ2n) is 5.67. The maximum Gasteiger partial charge on any atom is 0.225 e. The smallest absolute Gasteiger partial charge is 0.225 e. The Labute approximate surface area is 102 Å². The van der Waals surface area contributed by atoms with Gasteiger partial charge in [0.2, 0.25) is 5.95 Å². The van der Waals surface area contributed by atoms with Gasteiger partial charge in [-0.3, -0.25) is 0 Å². The fourth-order valence-corrected chi connectivity index (χ4v) is 3.68. The van der Waals surface area contributed by atoms with Gasteiger partial charge in [-0.25, -0.2) is 9.97 Å². The first-order valence-electron chi connectivity index (χ1n) is 6.24. The van der Waals surface area contributed by atoms with Crippen LogP contribution in [0.2, 0.25) is 0 Å². The first-order valence-corrected chi connectivity index (χ1v) is 6.24. The summed E-state index contributed by atoms with van der Waals surface area (Å²) in [6, 6.07) is 2.34. The van der Waals surface area contributed by atoms with Gasteiger partial charge in [0.1, 0.15) is 0 Å². The SMILES string of the molecule is CN(c1ncccn1)C1C2CCOC2C1(C)C. The molecule has 1 saturated carbocycles. The van der Waals surface area contributed by atoms with Gasteiger partial charge in [-0.1, -0.05) is 13.8 Å². The first-order chi connectivity index (χ1) is 8.12. The normalized spacial score (nSPS) is 33.9. The Morgan fingerprint density at radius 3 is 2.76 bits per heavy atom. The van der Waals surface area contributed by atoms with Gasteiger partial charge in [-0.15, -0.1) is 0 Å². The van der Waals surface area contributed by atoms with E-state index in [1.165, 1.54) is 0 Å². The van der Waals surface area contributed by atoms with Crippen LogP contribution in [-0.4, -0.2) is 35.8 Å². The van der Waals surface area contributed by atoms with Gasteiger partial charge in [0.25, 0.3) is 0 Å². The van der Waals surface area contributed by atoms with Gasteiger partial charge < -0.3 is 9.64 Å². The van der Waals surface area contributed by atoms with Gasteiger partial charge in [0.15, 0.2) is 0 Å². The Kier molecular flexibility index (Phi) is 2.36. The molecule has 3 rings (SSSR count). The van der Waals surface area contributed by atoms with Crippen LogP contribution in [0.25, 0.3) is 0 Å². The largest absolute Gasteiger partial charge is 0.377 e. The molecule has 0 spiro atoms. The van der Waals surface area contributed by atoms with E-state index in [0.29, 0.717) is 18.1 Å². The van der Waals surface area contributed by atoms with Gasteiger partial charge in [-0.05, 0) is 12.5 Å². The van der Waals surface area contributed by atoms with E-state index in [2.05, 4.69) is 35.8 Å². The third-order valence-electron chi connectivity index (χ3n) is 4.32. The van der Waals surface area contributed by atoms with E-state index >= 15 is 0 Å². The van der Waals surface area contributed by atoms with Crippen LogP contribution in [0.4, 0.5) is 5.95 Å². The fraction of sp³-hybridized carbons (Fsp3) is 0.692. The monoisotopic (exact) mass is 233 g/mol. The summed E-state index contributed by atoms with van der Waals surface area (Å²) in [4.78, 5) is 10.9. The molecular formula is C13H19N3O. The zero-order chi connectivity index (χ0) is 12.0. The summed E-state index contributed by atoms with van der Waals surface area (Å²) < 4.78 is 5.82. The van der Waals surface area contributed by atoms with Crippen molar-refractivity contribution in [3.8, 4) is 0 Å². The first kappa shape index (κ1) is 11.0. The molecule has 0 bridgehead atoms. The Balaban J connectivity index is 1.85. The van der Waals surface area contributed by atoms with E-state index in [0.717, 1.165) is 19.0 Å². The summed E-state index contributed by atoms with van der Waals surface area (Å²) in [5.41, 5.74) is 0.190. The number of rotatable bonds is 2.